The Morgan fingerprint density at radius 3 is 2.33 bits per heavy atom. The van der Waals surface area contributed by atoms with Crippen molar-refractivity contribution in [2.45, 2.75) is 0 Å². The summed E-state index contributed by atoms with van der Waals surface area (Å²) in [6.07, 6.45) is 2.70. The Kier molecular flexibility index (Phi) is 4.32. The van der Waals surface area contributed by atoms with Gasteiger partial charge in [0.05, 0.1) is 6.20 Å². The number of halogens is 1. The number of rotatable bonds is 0. The van der Waals surface area contributed by atoms with Crippen molar-refractivity contribution in [1.82, 2.24) is 4.98 Å². The SMILES string of the molecule is C=C.Fc1cccnc1. The summed E-state index contributed by atoms with van der Waals surface area (Å²) in [5, 5.41) is 0. The molecule has 1 aromatic rings. The fraction of sp³-hybridized carbons (Fsp3) is 0. The summed E-state index contributed by atoms with van der Waals surface area (Å²) in [6.45, 7) is 6.00. The molecule has 2 heteroatoms. The van der Waals surface area contributed by atoms with Crippen LogP contribution in [0.4, 0.5) is 4.39 Å². The molecule has 1 nitrogen and oxygen atoms in total. The lowest BCUT2D eigenvalue weighted by Gasteiger charge is -1.78. The third-order valence-electron chi connectivity index (χ3n) is 0.625. The summed E-state index contributed by atoms with van der Waals surface area (Å²) in [5.74, 6) is -0.289. The maximum absolute atomic E-state index is 11.8. The first-order chi connectivity index (χ1) is 4.39. The Morgan fingerprint density at radius 1 is 1.44 bits per heavy atom. The molecule has 0 aliphatic carbocycles. The van der Waals surface area contributed by atoms with E-state index in [4.69, 9.17) is 0 Å². The van der Waals surface area contributed by atoms with Crippen molar-refractivity contribution in [2.24, 2.45) is 0 Å². The van der Waals surface area contributed by atoms with Gasteiger partial charge in [0.15, 0.2) is 0 Å². The first-order valence-electron chi connectivity index (χ1n) is 2.45. The molecule has 0 atom stereocenters. The van der Waals surface area contributed by atoms with Crippen LogP contribution in [-0.4, -0.2) is 4.98 Å². The van der Waals surface area contributed by atoms with Crippen LogP contribution in [0, 0.1) is 5.82 Å². The van der Waals surface area contributed by atoms with Gasteiger partial charge in [0, 0.05) is 6.20 Å². The summed E-state index contributed by atoms with van der Waals surface area (Å²) in [6, 6.07) is 2.91. The Bertz CT molecular complexity index is 150. The van der Waals surface area contributed by atoms with Gasteiger partial charge in [-0.3, -0.25) is 4.98 Å². The normalized spacial score (nSPS) is 7.22. The minimum atomic E-state index is -0.289. The van der Waals surface area contributed by atoms with Gasteiger partial charge in [-0.1, -0.05) is 0 Å². The van der Waals surface area contributed by atoms with E-state index in [-0.39, 0.29) is 5.82 Å². The molecule has 1 heterocycles. The van der Waals surface area contributed by atoms with Gasteiger partial charge in [0.1, 0.15) is 5.82 Å². The molecule has 0 fully saturated rings. The van der Waals surface area contributed by atoms with Crippen molar-refractivity contribution in [2.75, 3.05) is 0 Å². The summed E-state index contributed by atoms with van der Waals surface area (Å²) in [4.78, 5) is 3.51. The predicted octanol–water partition coefficient (Wildman–Crippen LogP) is 2.02. The highest BCUT2D eigenvalue weighted by atomic mass is 19.1. The lowest BCUT2D eigenvalue weighted by atomic mass is 10.5. The lowest BCUT2D eigenvalue weighted by molar-refractivity contribution is 0.621. The summed E-state index contributed by atoms with van der Waals surface area (Å²) < 4.78 is 11.8. The van der Waals surface area contributed by atoms with Crippen LogP contribution in [0.1, 0.15) is 0 Å². The Labute approximate surface area is 53.9 Å². The highest BCUT2D eigenvalue weighted by Gasteiger charge is 1.78. The molecule has 0 bridgehead atoms. The number of nitrogens with zero attached hydrogens (tertiary/aromatic N) is 1. The quantitative estimate of drug-likeness (QED) is 0.483. The molecule has 0 aliphatic heterocycles. The van der Waals surface area contributed by atoms with Gasteiger partial charge in [-0.25, -0.2) is 4.39 Å². The van der Waals surface area contributed by atoms with Gasteiger partial charge < -0.3 is 0 Å². The first kappa shape index (κ1) is 7.82. The van der Waals surface area contributed by atoms with Gasteiger partial charge in [-0.15, -0.1) is 13.2 Å². The van der Waals surface area contributed by atoms with Crippen molar-refractivity contribution in [3.05, 3.63) is 43.5 Å². The van der Waals surface area contributed by atoms with Crippen LogP contribution < -0.4 is 0 Å². The van der Waals surface area contributed by atoms with E-state index in [1.54, 1.807) is 6.07 Å². The van der Waals surface area contributed by atoms with Crippen LogP contribution in [0.3, 0.4) is 0 Å². The Morgan fingerprint density at radius 2 is 2.11 bits per heavy atom. The number of aromatic nitrogens is 1. The maximum Gasteiger partial charge on any atom is 0.141 e. The fourth-order valence-electron chi connectivity index (χ4n) is 0.342. The second kappa shape index (κ2) is 4.97. The predicted molar refractivity (Wildman–Crippen MR) is 35.4 cm³/mol. The molecule has 0 aromatic carbocycles. The summed E-state index contributed by atoms with van der Waals surface area (Å²) in [5.41, 5.74) is 0. The zero-order chi connectivity index (χ0) is 7.11. The van der Waals surface area contributed by atoms with E-state index in [0.29, 0.717) is 0 Å². The zero-order valence-corrected chi connectivity index (χ0v) is 5.05. The van der Waals surface area contributed by atoms with Gasteiger partial charge in [-0.05, 0) is 12.1 Å². The summed E-state index contributed by atoms with van der Waals surface area (Å²) in [7, 11) is 0. The third-order valence-corrected chi connectivity index (χ3v) is 0.625. The highest BCUT2D eigenvalue weighted by Crippen LogP contribution is 1.87. The van der Waals surface area contributed by atoms with Crippen LogP contribution in [-0.2, 0) is 0 Å². The Hall–Kier alpha value is -1.18. The molecule has 0 saturated carbocycles. The Balaban J connectivity index is 0.000000291. The van der Waals surface area contributed by atoms with Crippen molar-refractivity contribution in [3.63, 3.8) is 0 Å². The molecule has 1 rings (SSSR count). The monoisotopic (exact) mass is 125 g/mol. The second-order valence-corrected chi connectivity index (χ2v) is 1.17. The van der Waals surface area contributed by atoms with Crippen LogP contribution >= 0.6 is 0 Å². The number of hydrogen-bond donors (Lipinski definition) is 0. The minimum absolute atomic E-state index is 0.289. The molecule has 0 saturated heterocycles. The van der Waals surface area contributed by atoms with E-state index >= 15 is 0 Å². The highest BCUT2D eigenvalue weighted by molar-refractivity contribution is 4.92. The molecule has 0 aliphatic rings. The van der Waals surface area contributed by atoms with Crippen molar-refractivity contribution >= 4 is 0 Å². The molecule has 1 aromatic heterocycles. The van der Waals surface area contributed by atoms with E-state index in [9.17, 15) is 4.39 Å². The molecule has 48 valence electrons. The van der Waals surface area contributed by atoms with E-state index in [2.05, 4.69) is 18.1 Å². The second-order valence-electron chi connectivity index (χ2n) is 1.17. The molecular weight excluding hydrogens is 117 g/mol. The van der Waals surface area contributed by atoms with Crippen LogP contribution in [0.15, 0.2) is 37.7 Å². The van der Waals surface area contributed by atoms with E-state index in [0.717, 1.165) is 0 Å². The van der Waals surface area contributed by atoms with Gasteiger partial charge >= 0.3 is 0 Å². The van der Waals surface area contributed by atoms with E-state index in [1.165, 1.54) is 18.5 Å². The van der Waals surface area contributed by atoms with E-state index in [1.807, 2.05) is 0 Å². The van der Waals surface area contributed by atoms with Crippen LogP contribution in [0.2, 0.25) is 0 Å². The summed E-state index contributed by atoms with van der Waals surface area (Å²) >= 11 is 0. The van der Waals surface area contributed by atoms with Crippen LogP contribution in [0.25, 0.3) is 0 Å². The molecule has 0 amide bonds. The van der Waals surface area contributed by atoms with Gasteiger partial charge in [-0.2, -0.15) is 0 Å². The average Bonchev–Trinajstić information content (AvgIpc) is 1.94. The number of hydrogen-bond acceptors (Lipinski definition) is 1. The van der Waals surface area contributed by atoms with Crippen molar-refractivity contribution < 1.29 is 4.39 Å². The molecule has 0 N–H and O–H groups in total. The minimum Gasteiger partial charge on any atom is -0.262 e. The lowest BCUT2D eigenvalue weighted by Crippen LogP contribution is -1.70. The van der Waals surface area contributed by atoms with Crippen molar-refractivity contribution in [1.29, 1.82) is 0 Å². The van der Waals surface area contributed by atoms with Crippen LogP contribution in [0.5, 0.6) is 0 Å². The standard InChI is InChI=1S/C5H4FN.C2H4/c6-5-2-1-3-7-4-5;1-2/h1-4H;1-2H2. The fourth-order valence-corrected chi connectivity index (χ4v) is 0.342. The molecule has 9 heavy (non-hydrogen) atoms. The van der Waals surface area contributed by atoms with Gasteiger partial charge in [0.25, 0.3) is 0 Å². The van der Waals surface area contributed by atoms with Crippen molar-refractivity contribution in [3.8, 4) is 0 Å². The first-order valence-corrected chi connectivity index (χ1v) is 2.45. The third kappa shape index (κ3) is 3.41. The molecule has 0 unspecified atom stereocenters. The smallest absolute Gasteiger partial charge is 0.141 e. The average molecular weight is 125 g/mol. The topological polar surface area (TPSA) is 12.9 Å². The molecule has 0 spiro atoms. The van der Waals surface area contributed by atoms with E-state index < -0.39 is 0 Å². The molecular formula is C7H8FN. The largest absolute Gasteiger partial charge is 0.262 e. The maximum atomic E-state index is 11.8. The number of pyridine rings is 1. The molecule has 0 radical (unpaired) electrons. The van der Waals surface area contributed by atoms with Gasteiger partial charge in [0.2, 0.25) is 0 Å². The zero-order valence-electron chi connectivity index (χ0n) is 5.05.